The van der Waals surface area contributed by atoms with Gasteiger partial charge in [0, 0.05) is 5.54 Å². The summed E-state index contributed by atoms with van der Waals surface area (Å²) in [6, 6.07) is 0. The molecule has 17 heavy (non-hydrogen) atoms. The molecule has 0 spiro atoms. The summed E-state index contributed by atoms with van der Waals surface area (Å²) in [7, 11) is 2.12. The molecule has 3 unspecified atom stereocenters. The molecule has 0 saturated heterocycles. The van der Waals surface area contributed by atoms with E-state index in [2.05, 4.69) is 47.0 Å². The molecule has 0 rings (SSSR count). The lowest BCUT2D eigenvalue weighted by molar-refractivity contribution is 0.282. The van der Waals surface area contributed by atoms with Crippen molar-refractivity contribution in [3.63, 3.8) is 0 Å². The molecule has 0 bridgehead atoms. The second kappa shape index (κ2) is 8.97. The average Bonchev–Trinajstić information content (AvgIpc) is 2.35. The summed E-state index contributed by atoms with van der Waals surface area (Å²) in [6.07, 6.45) is 9.37. The van der Waals surface area contributed by atoms with Crippen molar-refractivity contribution in [2.24, 2.45) is 11.8 Å². The summed E-state index contributed by atoms with van der Waals surface area (Å²) in [5.41, 5.74) is 0.366. The lowest BCUT2D eigenvalue weighted by Crippen LogP contribution is -2.39. The van der Waals surface area contributed by atoms with Crippen LogP contribution in [0.3, 0.4) is 0 Å². The summed E-state index contributed by atoms with van der Waals surface area (Å²) in [5, 5.41) is 3.53. The van der Waals surface area contributed by atoms with Crippen LogP contribution in [0.2, 0.25) is 0 Å². The second-order valence-corrected chi connectivity index (χ2v) is 6.17. The van der Waals surface area contributed by atoms with Gasteiger partial charge in [-0.05, 0) is 38.6 Å². The predicted octanol–water partition coefficient (Wildman–Crippen LogP) is 5.01. The van der Waals surface area contributed by atoms with Crippen molar-refractivity contribution in [3.8, 4) is 0 Å². The van der Waals surface area contributed by atoms with Gasteiger partial charge in [-0.2, -0.15) is 0 Å². The van der Waals surface area contributed by atoms with E-state index in [1.807, 2.05) is 0 Å². The van der Waals surface area contributed by atoms with E-state index < -0.39 is 0 Å². The number of nitrogens with one attached hydrogen (secondary N) is 1. The van der Waals surface area contributed by atoms with Gasteiger partial charge in [0.25, 0.3) is 0 Å². The Kier molecular flexibility index (Phi) is 8.94. The van der Waals surface area contributed by atoms with Crippen molar-refractivity contribution in [1.82, 2.24) is 5.32 Å². The van der Waals surface area contributed by atoms with Crippen LogP contribution in [0.1, 0.15) is 79.6 Å². The highest BCUT2D eigenvalue weighted by atomic mass is 14.9. The van der Waals surface area contributed by atoms with Gasteiger partial charge in [0.1, 0.15) is 0 Å². The van der Waals surface area contributed by atoms with Crippen LogP contribution in [-0.2, 0) is 0 Å². The van der Waals surface area contributed by atoms with Crippen molar-refractivity contribution < 1.29 is 0 Å². The summed E-state index contributed by atoms with van der Waals surface area (Å²) in [4.78, 5) is 0. The van der Waals surface area contributed by atoms with Gasteiger partial charge in [0.15, 0.2) is 0 Å². The predicted molar refractivity (Wildman–Crippen MR) is 79.5 cm³/mol. The van der Waals surface area contributed by atoms with Gasteiger partial charge in [0.05, 0.1) is 0 Å². The summed E-state index contributed by atoms with van der Waals surface area (Å²) in [5.74, 6) is 1.76. The maximum absolute atomic E-state index is 3.53. The molecular formula is C16H35N. The zero-order chi connectivity index (χ0) is 13.3. The van der Waals surface area contributed by atoms with E-state index >= 15 is 0 Å². The fourth-order valence-corrected chi connectivity index (χ4v) is 2.44. The highest BCUT2D eigenvalue weighted by molar-refractivity contribution is 4.81. The standard InChI is InChI=1S/C16H35N/c1-7-9-12-16(5,17-6)13-10-11-15(4)14(3)8-2/h14-15,17H,7-13H2,1-6H3. The topological polar surface area (TPSA) is 12.0 Å². The molecule has 0 aliphatic carbocycles. The molecular weight excluding hydrogens is 206 g/mol. The van der Waals surface area contributed by atoms with Crippen molar-refractivity contribution >= 4 is 0 Å². The van der Waals surface area contributed by atoms with E-state index in [9.17, 15) is 0 Å². The van der Waals surface area contributed by atoms with Gasteiger partial charge in [-0.15, -0.1) is 0 Å². The van der Waals surface area contributed by atoms with Crippen LogP contribution in [-0.4, -0.2) is 12.6 Å². The van der Waals surface area contributed by atoms with Crippen molar-refractivity contribution in [3.05, 3.63) is 0 Å². The molecule has 0 heterocycles. The van der Waals surface area contributed by atoms with E-state index in [0.29, 0.717) is 5.54 Å². The first-order chi connectivity index (χ1) is 7.99. The number of hydrogen-bond acceptors (Lipinski definition) is 1. The maximum Gasteiger partial charge on any atom is 0.0150 e. The van der Waals surface area contributed by atoms with Crippen molar-refractivity contribution in [2.45, 2.75) is 85.1 Å². The zero-order valence-electron chi connectivity index (χ0n) is 13.1. The molecule has 0 aliphatic rings. The van der Waals surface area contributed by atoms with Crippen LogP contribution in [0.25, 0.3) is 0 Å². The molecule has 0 amide bonds. The fourth-order valence-electron chi connectivity index (χ4n) is 2.44. The van der Waals surface area contributed by atoms with Crippen LogP contribution in [0.4, 0.5) is 0 Å². The van der Waals surface area contributed by atoms with Crippen molar-refractivity contribution in [2.75, 3.05) is 7.05 Å². The van der Waals surface area contributed by atoms with E-state index in [1.165, 1.54) is 44.9 Å². The minimum atomic E-state index is 0.366. The Balaban J connectivity index is 3.90. The van der Waals surface area contributed by atoms with Gasteiger partial charge in [-0.1, -0.05) is 59.8 Å². The summed E-state index contributed by atoms with van der Waals surface area (Å²) >= 11 is 0. The Morgan fingerprint density at radius 2 is 1.59 bits per heavy atom. The van der Waals surface area contributed by atoms with E-state index in [1.54, 1.807) is 0 Å². The Bertz CT molecular complexity index is 178. The third kappa shape index (κ3) is 7.08. The van der Waals surface area contributed by atoms with Gasteiger partial charge < -0.3 is 5.32 Å². The minimum Gasteiger partial charge on any atom is -0.315 e. The monoisotopic (exact) mass is 241 g/mol. The van der Waals surface area contributed by atoms with Gasteiger partial charge in [-0.25, -0.2) is 0 Å². The van der Waals surface area contributed by atoms with Gasteiger partial charge >= 0.3 is 0 Å². The summed E-state index contributed by atoms with van der Waals surface area (Å²) in [6.45, 7) is 11.8. The zero-order valence-corrected chi connectivity index (χ0v) is 13.1. The first-order valence-corrected chi connectivity index (χ1v) is 7.68. The Labute approximate surface area is 110 Å². The lowest BCUT2D eigenvalue weighted by atomic mass is 9.84. The molecule has 0 saturated carbocycles. The van der Waals surface area contributed by atoms with E-state index in [-0.39, 0.29) is 0 Å². The SMILES string of the molecule is CCCCC(C)(CCCC(C)C(C)CC)NC. The molecule has 104 valence electrons. The largest absolute Gasteiger partial charge is 0.315 e. The second-order valence-electron chi connectivity index (χ2n) is 6.17. The lowest BCUT2D eigenvalue weighted by Gasteiger charge is -2.30. The molecule has 0 fully saturated rings. The Morgan fingerprint density at radius 1 is 1.00 bits per heavy atom. The number of hydrogen-bond donors (Lipinski definition) is 1. The Morgan fingerprint density at radius 3 is 2.06 bits per heavy atom. The fraction of sp³-hybridized carbons (Fsp3) is 1.00. The molecule has 1 heteroatoms. The molecule has 3 atom stereocenters. The first-order valence-electron chi connectivity index (χ1n) is 7.68. The van der Waals surface area contributed by atoms with Crippen LogP contribution in [0.5, 0.6) is 0 Å². The highest BCUT2D eigenvalue weighted by Crippen LogP contribution is 2.25. The average molecular weight is 241 g/mol. The van der Waals surface area contributed by atoms with E-state index in [4.69, 9.17) is 0 Å². The summed E-state index contributed by atoms with van der Waals surface area (Å²) < 4.78 is 0. The van der Waals surface area contributed by atoms with Gasteiger partial charge in [-0.3, -0.25) is 0 Å². The molecule has 0 aliphatic heterocycles. The van der Waals surface area contributed by atoms with Crippen molar-refractivity contribution in [1.29, 1.82) is 0 Å². The Hall–Kier alpha value is -0.0400. The van der Waals surface area contributed by atoms with E-state index in [0.717, 1.165) is 11.8 Å². The van der Waals surface area contributed by atoms with Crippen LogP contribution >= 0.6 is 0 Å². The quantitative estimate of drug-likeness (QED) is 0.567. The molecule has 1 nitrogen and oxygen atoms in total. The molecule has 1 N–H and O–H groups in total. The van der Waals surface area contributed by atoms with Crippen LogP contribution in [0, 0.1) is 11.8 Å². The molecule has 0 aromatic carbocycles. The highest BCUT2D eigenvalue weighted by Gasteiger charge is 2.21. The minimum absolute atomic E-state index is 0.366. The normalized spacial score (nSPS) is 18.7. The third-order valence-corrected chi connectivity index (χ3v) is 4.69. The maximum atomic E-state index is 3.53. The third-order valence-electron chi connectivity index (χ3n) is 4.69. The molecule has 0 aromatic rings. The molecule has 0 aromatic heterocycles. The number of unbranched alkanes of at least 4 members (excludes halogenated alkanes) is 1. The molecule has 0 radical (unpaired) electrons. The van der Waals surface area contributed by atoms with Crippen LogP contribution < -0.4 is 5.32 Å². The van der Waals surface area contributed by atoms with Crippen LogP contribution in [0.15, 0.2) is 0 Å². The smallest absolute Gasteiger partial charge is 0.0150 e. The first kappa shape index (κ1) is 17.0. The van der Waals surface area contributed by atoms with Gasteiger partial charge in [0.2, 0.25) is 0 Å². The number of rotatable bonds is 10.